The number of anilines is 1. The zero-order valence-electron chi connectivity index (χ0n) is 9.67. The molecule has 0 aromatic carbocycles. The first-order chi connectivity index (χ1) is 8.79. The van der Waals surface area contributed by atoms with Crippen molar-refractivity contribution in [1.29, 1.82) is 5.26 Å². The second-order valence-corrected chi connectivity index (χ2v) is 4.66. The van der Waals surface area contributed by atoms with Crippen molar-refractivity contribution in [3.63, 3.8) is 0 Å². The standard InChI is InChI=1S/C12H12BrN5/c13-11-6-10(7-14)12(17-8-11)16-2-1-4-18-5-3-15-9-18/h3,5-6,8-9H,1-2,4H2,(H,16,17). The first kappa shape index (κ1) is 12.6. The predicted molar refractivity (Wildman–Crippen MR) is 72.0 cm³/mol. The third-order valence-corrected chi connectivity index (χ3v) is 2.85. The van der Waals surface area contributed by atoms with Gasteiger partial charge in [0.15, 0.2) is 0 Å². The van der Waals surface area contributed by atoms with Gasteiger partial charge in [-0.3, -0.25) is 0 Å². The van der Waals surface area contributed by atoms with E-state index in [1.165, 1.54) is 0 Å². The van der Waals surface area contributed by atoms with Crippen LogP contribution in [-0.2, 0) is 6.54 Å². The van der Waals surface area contributed by atoms with Gasteiger partial charge in [-0.05, 0) is 28.4 Å². The molecule has 5 nitrogen and oxygen atoms in total. The van der Waals surface area contributed by atoms with Gasteiger partial charge in [-0.1, -0.05) is 0 Å². The number of pyridine rings is 1. The molecule has 0 aliphatic carbocycles. The molecule has 0 bridgehead atoms. The zero-order valence-corrected chi connectivity index (χ0v) is 11.3. The molecule has 2 heterocycles. The van der Waals surface area contributed by atoms with Crippen LogP contribution in [0.15, 0.2) is 35.5 Å². The van der Waals surface area contributed by atoms with Crippen molar-refractivity contribution in [1.82, 2.24) is 14.5 Å². The van der Waals surface area contributed by atoms with Crippen LogP contribution in [-0.4, -0.2) is 21.1 Å². The Hall–Kier alpha value is -1.87. The van der Waals surface area contributed by atoms with Gasteiger partial charge in [-0.25, -0.2) is 9.97 Å². The smallest absolute Gasteiger partial charge is 0.143 e. The fourth-order valence-corrected chi connectivity index (χ4v) is 1.88. The molecule has 0 radical (unpaired) electrons. The number of nitrogens with one attached hydrogen (secondary N) is 1. The summed E-state index contributed by atoms with van der Waals surface area (Å²) in [6.07, 6.45) is 8.10. The second-order valence-electron chi connectivity index (χ2n) is 3.74. The largest absolute Gasteiger partial charge is 0.369 e. The summed E-state index contributed by atoms with van der Waals surface area (Å²) >= 11 is 3.29. The van der Waals surface area contributed by atoms with Gasteiger partial charge in [-0.15, -0.1) is 0 Å². The molecular formula is C12H12BrN5. The number of aryl methyl sites for hydroxylation is 1. The minimum absolute atomic E-state index is 0.548. The van der Waals surface area contributed by atoms with Gasteiger partial charge in [0, 0.05) is 36.2 Å². The molecule has 0 aliphatic heterocycles. The van der Waals surface area contributed by atoms with Crippen molar-refractivity contribution < 1.29 is 0 Å². The molecule has 0 fully saturated rings. The molecule has 0 aliphatic rings. The Balaban J connectivity index is 1.85. The summed E-state index contributed by atoms with van der Waals surface area (Å²) in [7, 11) is 0. The summed E-state index contributed by atoms with van der Waals surface area (Å²) in [5, 5.41) is 12.2. The summed E-state index contributed by atoms with van der Waals surface area (Å²) in [5.41, 5.74) is 0.548. The van der Waals surface area contributed by atoms with E-state index in [9.17, 15) is 0 Å². The number of nitrogens with zero attached hydrogens (tertiary/aromatic N) is 4. The van der Waals surface area contributed by atoms with Crippen LogP contribution in [0.25, 0.3) is 0 Å². The van der Waals surface area contributed by atoms with Crippen molar-refractivity contribution in [2.24, 2.45) is 0 Å². The maximum Gasteiger partial charge on any atom is 0.143 e. The van der Waals surface area contributed by atoms with Gasteiger partial charge in [-0.2, -0.15) is 5.26 Å². The third-order valence-electron chi connectivity index (χ3n) is 2.42. The van der Waals surface area contributed by atoms with Gasteiger partial charge in [0.2, 0.25) is 0 Å². The van der Waals surface area contributed by atoms with E-state index in [1.54, 1.807) is 24.8 Å². The minimum Gasteiger partial charge on any atom is -0.369 e. The summed E-state index contributed by atoms with van der Waals surface area (Å²) in [6.45, 7) is 1.66. The summed E-state index contributed by atoms with van der Waals surface area (Å²) in [4.78, 5) is 8.16. The molecule has 6 heteroatoms. The first-order valence-corrected chi connectivity index (χ1v) is 6.34. The van der Waals surface area contributed by atoms with Crippen LogP contribution >= 0.6 is 15.9 Å². The number of halogens is 1. The number of rotatable bonds is 5. The Morgan fingerprint density at radius 1 is 1.50 bits per heavy atom. The molecule has 2 aromatic rings. The van der Waals surface area contributed by atoms with Crippen LogP contribution in [0.1, 0.15) is 12.0 Å². The fourth-order valence-electron chi connectivity index (χ4n) is 1.55. The molecule has 18 heavy (non-hydrogen) atoms. The molecule has 2 aromatic heterocycles. The zero-order chi connectivity index (χ0) is 12.8. The van der Waals surface area contributed by atoms with Crippen LogP contribution in [0.3, 0.4) is 0 Å². The molecule has 0 amide bonds. The Labute approximate surface area is 114 Å². The lowest BCUT2D eigenvalue weighted by Gasteiger charge is -2.07. The van der Waals surface area contributed by atoms with Crippen LogP contribution < -0.4 is 5.32 Å². The molecule has 0 saturated heterocycles. The maximum absolute atomic E-state index is 8.99. The van der Waals surface area contributed by atoms with E-state index in [-0.39, 0.29) is 0 Å². The van der Waals surface area contributed by atoms with Crippen molar-refractivity contribution in [3.8, 4) is 6.07 Å². The quantitative estimate of drug-likeness (QED) is 0.862. The van der Waals surface area contributed by atoms with E-state index in [0.29, 0.717) is 11.4 Å². The van der Waals surface area contributed by atoms with E-state index < -0.39 is 0 Å². The fraction of sp³-hybridized carbons (Fsp3) is 0.250. The highest BCUT2D eigenvalue weighted by atomic mass is 79.9. The van der Waals surface area contributed by atoms with Gasteiger partial charge in [0.1, 0.15) is 11.9 Å². The molecule has 0 saturated carbocycles. The topological polar surface area (TPSA) is 66.5 Å². The normalized spacial score (nSPS) is 10.0. The minimum atomic E-state index is 0.548. The van der Waals surface area contributed by atoms with E-state index in [2.05, 4.69) is 37.3 Å². The van der Waals surface area contributed by atoms with Crippen LogP contribution in [0.2, 0.25) is 0 Å². The third kappa shape index (κ3) is 3.31. The van der Waals surface area contributed by atoms with E-state index >= 15 is 0 Å². The second kappa shape index (κ2) is 6.17. The van der Waals surface area contributed by atoms with Gasteiger partial charge in [0.25, 0.3) is 0 Å². The molecule has 92 valence electrons. The lowest BCUT2D eigenvalue weighted by atomic mass is 10.3. The van der Waals surface area contributed by atoms with Crippen LogP contribution in [0.5, 0.6) is 0 Å². The summed E-state index contributed by atoms with van der Waals surface area (Å²) in [5.74, 6) is 0.631. The van der Waals surface area contributed by atoms with Crippen LogP contribution in [0.4, 0.5) is 5.82 Å². The van der Waals surface area contributed by atoms with Crippen molar-refractivity contribution in [3.05, 3.63) is 41.0 Å². The molecule has 0 spiro atoms. The number of nitriles is 1. The Bertz CT molecular complexity index is 544. The van der Waals surface area contributed by atoms with E-state index in [0.717, 1.165) is 24.0 Å². The number of hydrogen-bond donors (Lipinski definition) is 1. The highest BCUT2D eigenvalue weighted by molar-refractivity contribution is 9.10. The predicted octanol–water partition coefficient (Wildman–Crippen LogP) is 2.41. The number of aromatic nitrogens is 3. The highest BCUT2D eigenvalue weighted by Crippen LogP contribution is 2.16. The van der Waals surface area contributed by atoms with Crippen molar-refractivity contribution in [2.75, 3.05) is 11.9 Å². The Morgan fingerprint density at radius 2 is 2.39 bits per heavy atom. The SMILES string of the molecule is N#Cc1cc(Br)cnc1NCCCn1ccnc1. The highest BCUT2D eigenvalue weighted by Gasteiger charge is 2.03. The van der Waals surface area contributed by atoms with Gasteiger partial charge < -0.3 is 9.88 Å². The van der Waals surface area contributed by atoms with Crippen molar-refractivity contribution >= 4 is 21.7 Å². The van der Waals surface area contributed by atoms with Crippen LogP contribution in [0, 0.1) is 11.3 Å². The van der Waals surface area contributed by atoms with Gasteiger partial charge in [0.05, 0.1) is 11.9 Å². The average molecular weight is 306 g/mol. The lowest BCUT2D eigenvalue weighted by molar-refractivity contribution is 0.660. The average Bonchev–Trinajstić information content (AvgIpc) is 2.89. The summed E-state index contributed by atoms with van der Waals surface area (Å²) < 4.78 is 2.82. The van der Waals surface area contributed by atoms with E-state index in [4.69, 9.17) is 5.26 Å². The Morgan fingerprint density at radius 3 is 3.11 bits per heavy atom. The van der Waals surface area contributed by atoms with Gasteiger partial charge >= 0.3 is 0 Å². The molecule has 0 unspecified atom stereocenters. The molecule has 2 rings (SSSR count). The molecule has 1 N–H and O–H groups in total. The monoisotopic (exact) mass is 305 g/mol. The van der Waals surface area contributed by atoms with Crippen molar-refractivity contribution in [2.45, 2.75) is 13.0 Å². The Kier molecular flexibility index (Phi) is 4.31. The van der Waals surface area contributed by atoms with E-state index in [1.807, 2.05) is 10.8 Å². The lowest BCUT2D eigenvalue weighted by Crippen LogP contribution is -2.08. The molecule has 0 atom stereocenters. The number of hydrogen-bond acceptors (Lipinski definition) is 4. The number of imidazole rings is 1. The first-order valence-electron chi connectivity index (χ1n) is 5.55. The summed E-state index contributed by atoms with van der Waals surface area (Å²) in [6, 6.07) is 3.88. The maximum atomic E-state index is 8.99. The molecular weight excluding hydrogens is 294 g/mol.